The van der Waals surface area contributed by atoms with E-state index in [0.717, 1.165) is 0 Å². The number of benzene rings is 1. The summed E-state index contributed by atoms with van der Waals surface area (Å²) < 4.78 is 26.9. The van der Waals surface area contributed by atoms with Crippen LogP contribution in [0.3, 0.4) is 0 Å². The first-order chi connectivity index (χ1) is 14.8. The number of rotatable bonds is 6. The number of hydrogen-bond acceptors (Lipinski definition) is 9. The minimum atomic E-state index is -0.692. The SMILES string of the molecule is CCOC1=Nc2cc(OC(C)C)ccc2C2C1=C(N)OC(CC(=O)OC)=C2C(=O)OC. The third-order valence-electron chi connectivity index (χ3n) is 4.73. The van der Waals surface area contributed by atoms with Gasteiger partial charge in [-0.15, -0.1) is 0 Å². The lowest BCUT2D eigenvalue weighted by Crippen LogP contribution is -2.32. The maximum Gasteiger partial charge on any atom is 0.338 e. The van der Waals surface area contributed by atoms with E-state index in [2.05, 4.69) is 4.99 Å². The molecular weight excluding hydrogens is 404 g/mol. The molecule has 1 unspecified atom stereocenters. The Morgan fingerprint density at radius 2 is 1.97 bits per heavy atom. The Hall–Kier alpha value is -3.49. The molecule has 1 aromatic rings. The molecule has 166 valence electrons. The summed E-state index contributed by atoms with van der Waals surface area (Å²) in [6, 6.07) is 5.37. The minimum Gasteiger partial charge on any atom is -0.491 e. The van der Waals surface area contributed by atoms with Gasteiger partial charge in [0.2, 0.25) is 5.90 Å². The van der Waals surface area contributed by atoms with Gasteiger partial charge in [-0.25, -0.2) is 9.79 Å². The summed E-state index contributed by atoms with van der Waals surface area (Å²) >= 11 is 0. The third kappa shape index (κ3) is 4.35. The summed E-state index contributed by atoms with van der Waals surface area (Å²) in [4.78, 5) is 29.4. The average Bonchev–Trinajstić information content (AvgIpc) is 2.72. The van der Waals surface area contributed by atoms with Crippen LogP contribution in [-0.2, 0) is 28.5 Å². The smallest absolute Gasteiger partial charge is 0.338 e. The molecule has 0 aromatic heterocycles. The van der Waals surface area contributed by atoms with Crippen LogP contribution in [0.25, 0.3) is 0 Å². The number of methoxy groups -OCH3 is 2. The molecule has 0 saturated carbocycles. The first-order valence-electron chi connectivity index (χ1n) is 9.88. The second-order valence-corrected chi connectivity index (χ2v) is 7.13. The van der Waals surface area contributed by atoms with Crippen molar-refractivity contribution in [2.75, 3.05) is 20.8 Å². The Kier molecular flexibility index (Phi) is 6.53. The van der Waals surface area contributed by atoms with Gasteiger partial charge in [0, 0.05) is 6.07 Å². The van der Waals surface area contributed by atoms with Gasteiger partial charge in [-0.1, -0.05) is 6.07 Å². The van der Waals surface area contributed by atoms with E-state index in [1.807, 2.05) is 20.8 Å². The van der Waals surface area contributed by atoms with Crippen LogP contribution in [-0.4, -0.2) is 44.8 Å². The van der Waals surface area contributed by atoms with Gasteiger partial charge in [0.05, 0.1) is 49.7 Å². The van der Waals surface area contributed by atoms with Gasteiger partial charge in [0.15, 0.2) is 5.88 Å². The zero-order valence-electron chi connectivity index (χ0n) is 18.2. The minimum absolute atomic E-state index is 0.00286. The van der Waals surface area contributed by atoms with Crippen molar-refractivity contribution in [1.82, 2.24) is 0 Å². The van der Waals surface area contributed by atoms with Crippen molar-refractivity contribution in [1.29, 1.82) is 0 Å². The number of hydrogen-bond donors (Lipinski definition) is 1. The maximum atomic E-state index is 12.8. The Balaban J connectivity index is 2.23. The second-order valence-electron chi connectivity index (χ2n) is 7.13. The van der Waals surface area contributed by atoms with Gasteiger partial charge < -0.3 is 29.4 Å². The predicted molar refractivity (Wildman–Crippen MR) is 112 cm³/mol. The molecule has 1 aromatic carbocycles. The van der Waals surface area contributed by atoms with Crippen LogP contribution in [0, 0.1) is 0 Å². The molecule has 2 aliphatic heterocycles. The zero-order chi connectivity index (χ0) is 22.7. The van der Waals surface area contributed by atoms with Crippen molar-refractivity contribution in [3.8, 4) is 5.75 Å². The highest BCUT2D eigenvalue weighted by Gasteiger charge is 2.43. The van der Waals surface area contributed by atoms with Gasteiger partial charge in [0.25, 0.3) is 0 Å². The van der Waals surface area contributed by atoms with Crippen LogP contribution in [0.2, 0.25) is 0 Å². The number of esters is 2. The molecule has 0 fully saturated rings. The summed E-state index contributed by atoms with van der Waals surface area (Å²) in [5.41, 5.74) is 8.00. The number of aliphatic imine (C=N–C) groups is 1. The molecule has 0 radical (unpaired) electrons. The fraction of sp³-hybridized carbons (Fsp3) is 0.409. The molecule has 0 spiro atoms. The first-order valence-corrected chi connectivity index (χ1v) is 9.88. The van der Waals surface area contributed by atoms with E-state index in [-0.39, 0.29) is 35.6 Å². The van der Waals surface area contributed by atoms with Gasteiger partial charge in [0.1, 0.15) is 17.9 Å². The molecule has 2 aliphatic rings. The van der Waals surface area contributed by atoms with Gasteiger partial charge in [-0.2, -0.15) is 0 Å². The molecule has 9 heteroatoms. The molecule has 31 heavy (non-hydrogen) atoms. The summed E-state index contributed by atoms with van der Waals surface area (Å²) in [7, 11) is 2.51. The Morgan fingerprint density at radius 3 is 2.58 bits per heavy atom. The van der Waals surface area contributed by atoms with E-state index >= 15 is 0 Å². The van der Waals surface area contributed by atoms with Crippen LogP contribution in [0.5, 0.6) is 5.75 Å². The molecule has 9 nitrogen and oxygen atoms in total. The molecule has 0 amide bonds. The van der Waals surface area contributed by atoms with Crippen LogP contribution in [0.15, 0.2) is 46.0 Å². The molecule has 0 aliphatic carbocycles. The quantitative estimate of drug-likeness (QED) is 0.685. The van der Waals surface area contributed by atoms with E-state index in [4.69, 9.17) is 29.4 Å². The van der Waals surface area contributed by atoms with Crippen LogP contribution >= 0.6 is 0 Å². The molecule has 0 saturated heterocycles. The van der Waals surface area contributed by atoms with E-state index in [1.54, 1.807) is 18.2 Å². The Bertz CT molecular complexity index is 992. The number of fused-ring (bicyclic) bond motifs is 3. The predicted octanol–water partition coefficient (Wildman–Crippen LogP) is 2.83. The summed E-state index contributed by atoms with van der Waals surface area (Å²) in [6.45, 7) is 5.98. The van der Waals surface area contributed by atoms with Crippen molar-refractivity contribution in [3.05, 3.63) is 46.6 Å². The lowest BCUT2D eigenvalue weighted by Gasteiger charge is -2.33. The molecule has 2 heterocycles. The van der Waals surface area contributed by atoms with Gasteiger partial charge in [-0.3, -0.25) is 4.79 Å². The summed E-state index contributed by atoms with van der Waals surface area (Å²) in [5, 5.41) is 0. The molecule has 1 atom stereocenters. The number of ether oxygens (including phenoxy) is 5. The highest BCUT2D eigenvalue weighted by Crippen LogP contribution is 2.48. The molecular formula is C22H26N2O7. The highest BCUT2D eigenvalue weighted by molar-refractivity contribution is 6.05. The second kappa shape index (κ2) is 9.11. The molecule has 3 rings (SSSR count). The Morgan fingerprint density at radius 1 is 1.23 bits per heavy atom. The average molecular weight is 430 g/mol. The fourth-order valence-corrected chi connectivity index (χ4v) is 3.53. The van der Waals surface area contributed by atoms with Crippen molar-refractivity contribution < 1.29 is 33.3 Å². The maximum absolute atomic E-state index is 12.8. The van der Waals surface area contributed by atoms with Gasteiger partial charge >= 0.3 is 11.9 Å². The largest absolute Gasteiger partial charge is 0.491 e. The zero-order valence-corrected chi connectivity index (χ0v) is 18.2. The summed E-state index contributed by atoms with van der Waals surface area (Å²) in [5.74, 6) is -1.00. The van der Waals surface area contributed by atoms with E-state index < -0.39 is 17.9 Å². The van der Waals surface area contributed by atoms with E-state index in [1.165, 1.54) is 14.2 Å². The number of carbonyl (C=O) groups is 2. The number of carbonyl (C=O) groups excluding carboxylic acids is 2. The van der Waals surface area contributed by atoms with Crippen molar-refractivity contribution in [2.45, 2.75) is 39.2 Å². The number of nitrogens with two attached hydrogens (primary N) is 1. The first kappa shape index (κ1) is 22.2. The number of nitrogens with zero attached hydrogens (tertiary/aromatic N) is 1. The Labute approximate surface area is 180 Å². The van der Waals surface area contributed by atoms with E-state index in [0.29, 0.717) is 29.2 Å². The monoisotopic (exact) mass is 430 g/mol. The standard InChI is InChI=1S/C22H26N2O7/c1-6-29-21-19-17(13-8-7-12(30-11(2)3)9-14(13)24-21)18(22(26)28-5)15(31-20(19)23)10-16(25)27-4/h7-9,11,17H,6,10,23H2,1-5H3. The van der Waals surface area contributed by atoms with Crippen molar-refractivity contribution >= 4 is 23.5 Å². The van der Waals surface area contributed by atoms with Crippen molar-refractivity contribution in [3.63, 3.8) is 0 Å². The van der Waals surface area contributed by atoms with E-state index in [9.17, 15) is 9.59 Å². The lowest BCUT2D eigenvalue weighted by molar-refractivity contribution is -0.140. The summed E-state index contributed by atoms with van der Waals surface area (Å²) in [6.07, 6.45) is -0.306. The van der Waals surface area contributed by atoms with Crippen LogP contribution < -0.4 is 10.5 Å². The van der Waals surface area contributed by atoms with Gasteiger partial charge in [-0.05, 0) is 32.4 Å². The molecule has 0 bridgehead atoms. The third-order valence-corrected chi connectivity index (χ3v) is 4.73. The molecule has 2 N–H and O–H groups in total. The highest BCUT2D eigenvalue weighted by atomic mass is 16.5. The topological polar surface area (TPSA) is 119 Å². The lowest BCUT2D eigenvalue weighted by atomic mass is 9.79. The van der Waals surface area contributed by atoms with Crippen LogP contribution in [0.1, 0.15) is 38.7 Å². The van der Waals surface area contributed by atoms with Crippen molar-refractivity contribution in [2.24, 2.45) is 10.7 Å². The normalized spacial score (nSPS) is 17.4. The fourth-order valence-electron chi connectivity index (χ4n) is 3.53. The van der Waals surface area contributed by atoms with Crippen LogP contribution in [0.4, 0.5) is 5.69 Å².